The molecule has 120 valence electrons. The topological polar surface area (TPSA) is 159 Å². The van der Waals surface area contributed by atoms with Crippen molar-refractivity contribution in [3.05, 3.63) is 56.2 Å². The molecule has 0 spiro atoms. The zero-order valence-corrected chi connectivity index (χ0v) is 11.9. The highest BCUT2D eigenvalue weighted by Gasteiger charge is 2.19. The van der Waals surface area contributed by atoms with Crippen LogP contribution in [0.3, 0.4) is 0 Å². The Bertz CT molecular complexity index is 841. The Morgan fingerprint density at radius 1 is 1.39 bits per heavy atom. The van der Waals surface area contributed by atoms with Gasteiger partial charge < -0.3 is 20.3 Å². The van der Waals surface area contributed by atoms with Gasteiger partial charge in [-0.15, -0.1) is 0 Å². The van der Waals surface area contributed by atoms with Gasteiger partial charge in [-0.25, -0.2) is 4.79 Å². The second-order valence-electron chi connectivity index (χ2n) is 4.90. The number of azide groups is 1. The number of aliphatic hydroxyl groups excluding tert-OH is 2. The molecule has 0 amide bonds. The van der Waals surface area contributed by atoms with Gasteiger partial charge in [-0.05, 0) is 29.6 Å². The third kappa shape index (κ3) is 3.49. The maximum atomic E-state index is 12.1. The van der Waals surface area contributed by atoms with Gasteiger partial charge in [0.25, 0.3) is 0 Å². The number of carboxylic acid groups (broad SMARTS) is 1. The Balaban J connectivity index is 2.38. The molecule has 0 aliphatic rings. The van der Waals surface area contributed by atoms with Crippen molar-refractivity contribution >= 4 is 16.9 Å². The lowest BCUT2D eigenvalue weighted by molar-refractivity contribution is 0.0151. The maximum Gasteiger partial charge on any atom is 0.341 e. The molecule has 9 nitrogen and oxygen atoms in total. The Morgan fingerprint density at radius 2 is 2.13 bits per heavy atom. The van der Waals surface area contributed by atoms with E-state index in [1.165, 1.54) is 18.2 Å². The molecule has 0 saturated carbocycles. The lowest BCUT2D eigenvalue weighted by Gasteiger charge is -2.17. The average Bonchev–Trinajstić information content (AvgIpc) is 2.54. The van der Waals surface area contributed by atoms with Gasteiger partial charge in [-0.2, -0.15) is 0 Å². The number of benzene rings is 1. The van der Waals surface area contributed by atoms with E-state index in [-0.39, 0.29) is 23.9 Å². The highest BCUT2D eigenvalue weighted by Crippen LogP contribution is 2.22. The van der Waals surface area contributed by atoms with Crippen molar-refractivity contribution in [1.82, 2.24) is 4.98 Å². The smallest absolute Gasteiger partial charge is 0.341 e. The van der Waals surface area contributed by atoms with Gasteiger partial charge in [0.15, 0.2) is 0 Å². The summed E-state index contributed by atoms with van der Waals surface area (Å²) in [6.45, 7) is 0.0199. The number of rotatable bonds is 6. The lowest BCUT2D eigenvalue weighted by Crippen LogP contribution is -2.20. The van der Waals surface area contributed by atoms with Crippen molar-refractivity contribution in [2.45, 2.75) is 18.6 Å². The van der Waals surface area contributed by atoms with Crippen molar-refractivity contribution in [3.63, 3.8) is 0 Å². The molecule has 0 saturated heterocycles. The molecule has 1 heterocycles. The summed E-state index contributed by atoms with van der Waals surface area (Å²) < 4.78 is 0. The normalized spacial score (nSPS) is 13.3. The van der Waals surface area contributed by atoms with E-state index < -0.39 is 29.2 Å². The summed E-state index contributed by atoms with van der Waals surface area (Å²) in [6, 6.07) is 4.36. The number of carboxylic acids is 1. The minimum Gasteiger partial charge on any atom is -0.477 e. The third-order valence-corrected chi connectivity index (χ3v) is 3.43. The van der Waals surface area contributed by atoms with E-state index in [0.29, 0.717) is 5.52 Å². The van der Waals surface area contributed by atoms with Gasteiger partial charge >= 0.3 is 5.97 Å². The Kier molecular flexibility index (Phi) is 4.97. The molecular weight excluding hydrogens is 304 g/mol. The summed E-state index contributed by atoms with van der Waals surface area (Å²) in [7, 11) is 0. The van der Waals surface area contributed by atoms with E-state index in [4.69, 9.17) is 10.6 Å². The fourth-order valence-corrected chi connectivity index (χ4v) is 2.19. The zero-order valence-electron chi connectivity index (χ0n) is 11.9. The van der Waals surface area contributed by atoms with Gasteiger partial charge in [0.05, 0.1) is 6.10 Å². The molecular formula is C14H14N4O5. The standard InChI is InChI=1S/C14H14N4O5/c15-18-17-4-3-11(19)12(20)7-1-2-10-8(5-7)13(21)9(6-16-10)14(22)23/h1-2,5-6,11-12,19-20H,3-4H2,(H,16,21)(H,22,23). The van der Waals surface area contributed by atoms with Gasteiger partial charge in [-0.1, -0.05) is 11.2 Å². The number of hydrogen-bond acceptors (Lipinski definition) is 5. The largest absolute Gasteiger partial charge is 0.477 e. The lowest BCUT2D eigenvalue weighted by atomic mass is 9.99. The second-order valence-corrected chi connectivity index (χ2v) is 4.90. The van der Waals surface area contributed by atoms with Crippen molar-refractivity contribution in [2.24, 2.45) is 5.11 Å². The van der Waals surface area contributed by atoms with E-state index in [0.717, 1.165) is 6.20 Å². The number of nitrogens with one attached hydrogen (secondary N) is 1. The fourth-order valence-electron chi connectivity index (χ4n) is 2.19. The predicted octanol–water partition coefficient (Wildman–Crippen LogP) is 1.32. The van der Waals surface area contributed by atoms with Crippen molar-refractivity contribution in [2.75, 3.05) is 6.54 Å². The number of H-pyrrole nitrogens is 1. The molecule has 1 aromatic heterocycles. The summed E-state index contributed by atoms with van der Waals surface area (Å²) in [4.78, 5) is 28.4. The van der Waals surface area contributed by atoms with E-state index in [1.54, 1.807) is 0 Å². The first-order valence-electron chi connectivity index (χ1n) is 6.71. The number of aromatic carboxylic acids is 1. The van der Waals surface area contributed by atoms with Gasteiger partial charge in [0.2, 0.25) is 5.43 Å². The predicted molar refractivity (Wildman–Crippen MR) is 81.1 cm³/mol. The van der Waals surface area contributed by atoms with Crippen LogP contribution in [0.5, 0.6) is 0 Å². The zero-order chi connectivity index (χ0) is 17.0. The number of nitrogens with zero attached hydrogens (tertiary/aromatic N) is 3. The summed E-state index contributed by atoms with van der Waals surface area (Å²) in [5.41, 5.74) is 7.78. The summed E-state index contributed by atoms with van der Waals surface area (Å²) in [5, 5.41) is 32.3. The molecule has 23 heavy (non-hydrogen) atoms. The molecule has 2 aromatic rings. The number of carbonyl (C=O) groups is 1. The molecule has 2 unspecified atom stereocenters. The van der Waals surface area contributed by atoms with Crippen LogP contribution in [-0.2, 0) is 0 Å². The van der Waals surface area contributed by atoms with Crippen molar-refractivity contribution in [3.8, 4) is 0 Å². The van der Waals surface area contributed by atoms with E-state index in [9.17, 15) is 19.8 Å². The second kappa shape index (κ2) is 6.93. The average molecular weight is 318 g/mol. The van der Waals surface area contributed by atoms with Crippen LogP contribution in [-0.4, -0.2) is 38.9 Å². The number of pyridine rings is 1. The highest BCUT2D eigenvalue weighted by molar-refractivity contribution is 5.92. The van der Waals surface area contributed by atoms with Crippen LogP contribution >= 0.6 is 0 Å². The molecule has 0 radical (unpaired) electrons. The molecule has 1 aromatic carbocycles. The van der Waals surface area contributed by atoms with Crippen LogP contribution in [0, 0.1) is 0 Å². The Hall–Kier alpha value is -2.87. The number of hydrogen-bond donors (Lipinski definition) is 4. The first-order valence-corrected chi connectivity index (χ1v) is 6.71. The molecule has 4 N–H and O–H groups in total. The van der Waals surface area contributed by atoms with Gasteiger partial charge in [0, 0.05) is 28.6 Å². The number of aromatic amines is 1. The SMILES string of the molecule is [N-]=[N+]=NCCC(O)C(O)c1ccc2[nH]cc(C(=O)O)c(=O)c2c1. The molecule has 0 fully saturated rings. The molecule has 9 heteroatoms. The molecule has 0 bridgehead atoms. The van der Waals surface area contributed by atoms with Crippen LogP contribution in [0.2, 0.25) is 0 Å². The molecule has 2 atom stereocenters. The fraction of sp³-hybridized carbons (Fsp3) is 0.286. The number of fused-ring (bicyclic) bond motifs is 1. The van der Waals surface area contributed by atoms with Crippen molar-refractivity contribution < 1.29 is 20.1 Å². The minimum atomic E-state index is -1.35. The Labute approximate surface area is 129 Å². The Morgan fingerprint density at radius 3 is 2.78 bits per heavy atom. The van der Waals surface area contributed by atoms with E-state index in [1.807, 2.05) is 0 Å². The summed E-state index contributed by atoms with van der Waals surface area (Å²) >= 11 is 0. The van der Waals surface area contributed by atoms with Crippen LogP contribution < -0.4 is 5.43 Å². The van der Waals surface area contributed by atoms with Crippen LogP contribution in [0.4, 0.5) is 0 Å². The minimum absolute atomic E-state index is 0.0199. The highest BCUT2D eigenvalue weighted by atomic mass is 16.4. The quantitative estimate of drug-likeness (QED) is 0.358. The molecule has 2 rings (SSSR count). The maximum absolute atomic E-state index is 12.1. The van der Waals surface area contributed by atoms with Crippen molar-refractivity contribution in [1.29, 1.82) is 0 Å². The van der Waals surface area contributed by atoms with Crippen LogP contribution in [0.1, 0.15) is 28.4 Å². The van der Waals surface area contributed by atoms with Crippen LogP contribution in [0.25, 0.3) is 21.3 Å². The monoisotopic (exact) mass is 318 g/mol. The first kappa shape index (κ1) is 16.5. The van der Waals surface area contributed by atoms with Gasteiger partial charge in [-0.3, -0.25) is 4.79 Å². The molecule has 0 aliphatic carbocycles. The molecule has 0 aliphatic heterocycles. The van der Waals surface area contributed by atoms with Crippen LogP contribution in [0.15, 0.2) is 34.3 Å². The number of aromatic nitrogens is 1. The van der Waals surface area contributed by atoms with Gasteiger partial charge in [0.1, 0.15) is 11.7 Å². The van der Waals surface area contributed by atoms with E-state index >= 15 is 0 Å². The third-order valence-electron chi connectivity index (χ3n) is 3.43. The number of aliphatic hydroxyl groups is 2. The summed E-state index contributed by atoms with van der Waals surface area (Å²) in [5.74, 6) is -1.35. The first-order chi connectivity index (χ1) is 11.0. The summed E-state index contributed by atoms with van der Waals surface area (Å²) in [6.07, 6.45) is -1.31. The van der Waals surface area contributed by atoms with E-state index in [2.05, 4.69) is 15.0 Å².